The third-order valence-corrected chi connectivity index (χ3v) is 7.07. The fraction of sp³-hybridized carbons (Fsp3) is 0.357. The van der Waals surface area contributed by atoms with Crippen LogP contribution in [0.4, 0.5) is 19.0 Å². The van der Waals surface area contributed by atoms with Crippen LogP contribution in [0.2, 0.25) is 0 Å². The average Bonchev–Trinajstić information content (AvgIpc) is 3.63. The van der Waals surface area contributed by atoms with Crippen LogP contribution in [0, 0.1) is 11.3 Å². The molecule has 0 bridgehead atoms. The number of hydrogen-bond acceptors (Lipinski definition) is 7. The number of amides is 1. The number of nitriles is 1. The van der Waals surface area contributed by atoms with Crippen molar-refractivity contribution in [3.8, 4) is 34.3 Å². The number of nitrogens with one attached hydrogen (secondary N) is 3. The second-order valence-electron chi connectivity index (χ2n) is 9.78. The van der Waals surface area contributed by atoms with Crippen LogP contribution >= 0.6 is 0 Å². The molecule has 0 radical (unpaired) electrons. The van der Waals surface area contributed by atoms with Crippen LogP contribution in [0.25, 0.3) is 22.5 Å². The summed E-state index contributed by atoms with van der Waals surface area (Å²) >= 11 is 0. The molecule has 3 heterocycles. The van der Waals surface area contributed by atoms with Crippen LogP contribution in [0.1, 0.15) is 41.6 Å². The topological polar surface area (TPSA) is 123 Å². The van der Waals surface area contributed by atoms with E-state index in [9.17, 15) is 28.0 Å². The van der Waals surface area contributed by atoms with Crippen molar-refractivity contribution in [3.63, 3.8) is 0 Å². The molecule has 1 aromatic carbocycles. The van der Waals surface area contributed by atoms with Crippen molar-refractivity contribution in [2.75, 3.05) is 31.1 Å². The van der Waals surface area contributed by atoms with Gasteiger partial charge in [-0.2, -0.15) is 18.4 Å². The summed E-state index contributed by atoms with van der Waals surface area (Å²) in [5, 5.41) is 15.8. The molecule has 3 N–H and O–H groups in total. The van der Waals surface area contributed by atoms with Gasteiger partial charge in [-0.1, -0.05) is 18.9 Å². The summed E-state index contributed by atoms with van der Waals surface area (Å²) in [5.41, 5.74) is 2.41. The highest BCUT2D eigenvalue weighted by atomic mass is 19.4. The highest BCUT2D eigenvalue weighted by Gasteiger charge is 2.42. The monoisotopic (exact) mass is 552 g/mol. The van der Waals surface area contributed by atoms with Crippen molar-refractivity contribution in [2.24, 2.45) is 0 Å². The molecule has 0 atom stereocenters. The molecule has 1 aliphatic heterocycles. The summed E-state index contributed by atoms with van der Waals surface area (Å²) in [6.45, 7) is 3.09. The van der Waals surface area contributed by atoms with E-state index in [1.807, 2.05) is 0 Å². The maximum Gasteiger partial charge on any atom is 0.491 e. The van der Waals surface area contributed by atoms with Gasteiger partial charge in [0.05, 0.1) is 16.8 Å². The van der Waals surface area contributed by atoms with Gasteiger partial charge in [0, 0.05) is 55.2 Å². The Bertz CT molecular complexity index is 1450. The fourth-order valence-electron chi connectivity index (χ4n) is 5.02. The van der Waals surface area contributed by atoms with Crippen LogP contribution in [-0.4, -0.2) is 60.2 Å². The summed E-state index contributed by atoms with van der Waals surface area (Å²) < 4.78 is 43.8. The van der Waals surface area contributed by atoms with E-state index in [1.165, 1.54) is 18.3 Å². The maximum atomic E-state index is 13.0. The number of aromatic amines is 1. The lowest BCUT2D eigenvalue weighted by Gasteiger charge is -2.28. The number of aromatic nitrogens is 2. The van der Waals surface area contributed by atoms with Gasteiger partial charge in [-0.15, -0.1) is 0 Å². The molecule has 2 fully saturated rings. The summed E-state index contributed by atoms with van der Waals surface area (Å²) in [5.74, 6) is -2.82. The normalized spacial score (nSPS) is 16.0. The van der Waals surface area contributed by atoms with E-state index in [-0.39, 0.29) is 11.6 Å². The van der Waals surface area contributed by atoms with Crippen molar-refractivity contribution in [3.05, 3.63) is 53.7 Å². The molecular weight excluding hydrogens is 525 g/mol. The molecule has 1 saturated heterocycles. The predicted molar refractivity (Wildman–Crippen MR) is 141 cm³/mol. The lowest BCUT2D eigenvalue weighted by atomic mass is 10.0. The number of carbonyl (C=O) groups is 2. The van der Waals surface area contributed by atoms with Gasteiger partial charge in [0.1, 0.15) is 17.6 Å². The van der Waals surface area contributed by atoms with E-state index in [4.69, 9.17) is 0 Å². The molecule has 12 heteroatoms. The number of halogens is 3. The number of piperazine rings is 1. The van der Waals surface area contributed by atoms with Gasteiger partial charge in [-0.25, -0.2) is 4.79 Å². The lowest BCUT2D eigenvalue weighted by Crippen LogP contribution is -2.44. The maximum absolute atomic E-state index is 13.0. The predicted octanol–water partition coefficient (Wildman–Crippen LogP) is 4.17. The minimum Gasteiger partial charge on any atom is -0.419 e. The molecule has 40 heavy (non-hydrogen) atoms. The number of pyridine rings is 1. The van der Waals surface area contributed by atoms with Crippen LogP contribution in [0.15, 0.2) is 42.6 Å². The van der Waals surface area contributed by atoms with E-state index < -0.39 is 23.8 Å². The van der Waals surface area contributed by atoms with Crippen molar-refractivity contribution in [1.82, 2.24) is 20.6 Å². The standard InChI is InChI=1S/C28H27F3N6O3/c29-28(30,31)27(39)40-24-15-17(5-6-21(24)26(38)35-20-3-1-2-4-20)22-13-18(7-8-34-22)23-14-19(16-32)25(36-23)37-11-9-33-10-12-37/h5-8,13-15,20,33,36H,1-4,9-12H2,(H,35,38). The molecule has 0 spiro atoms. The quantitative estimate of drug-likeness (QED) is 0.310. The first-order valence-electron chi connectivity index (χ1n) is 13.0. The molecule has 1 aliphatic carbocycles. The lowest BCUT2D eigenvalue weighted by molar-refractivity contribution is -0.189. The van der Waals surface area contributed by atoms with Gasteiger partial charge in [0.2, 0.25) is 0 Å². The van der Waals surface area contributed by atoms with Crippen LogP contribution in [-0.2, 0) is 4.79 Å². The van der Waals surface area contributed by atoms with E-state index >= 15 is 0 Å². The number of esters is 1. The molecule has 3 aromatic rings. The van der Waals surface area contributed by atoms with Crippen molar-refractivity contribution in [2.45, 2.75) is 37.9 Å². The number of rotatable bonds is 6. The molecule has 1 amide bonds. The summed E-state index contributed by atoms with van der Waals surface area (Å²) in [4.78, 5) is 34.3. The molecule has 2 aromatic heterocycles. The first kappa shape index (κ1) is 27.2. The van der Waals surface area contributed by atoms with Crippen LogP contribution in [0.5, 0.6) is 5.75 Å². The Hall–Kier alpha value is -4.37. The Labute approximate surface area is 228 Å². The van der Waals surface area contributed by atoms with Crippen molar-refractivity contribution < 1.29 is 27.5 Å². The Morgan fingerprint density at radius 2 is 1.82 bits per heavy atom. The van der Waals surface area contributed by atoms with Gasteiger partial charge in [0.25, 0.3) is 5.91 Å². The second kappa shape index (κ2) is 11.4. The molecule has 0 unspecified atom stereocenters. The summed E-state index contributed by atoms with van der Waals surface area (Å²) in [6, 6.07) is 11.4. The van der Waals surface area contributed by atoms with E-state index in [0.717, 1.165) is 57.7 Å². The number of ether oxygens (including phenoxy) is 1. The molecule has 2 aliphatic rings. The largest absolute Gasteiger partial charge is 0.491 e. The zero-order chi connectivity index (χ0) is 28.3. The summed E-state index contributed by atoms with van der Waals surface area (Å²) in [6.07, 6.45) is -0.238. The molecule has 208 valence electrons. The number of carbonyl (C=O) groups excluding carboxylic acids is 2. The Morgan fingerprint density at radius 1 is 1.07 bits per heavy atom. The zero-order valence-electron chi connectivity index (χ0n) is 21.5. The second-order valence-corrected chi connectivity index (χ2v) is 9.78. The van der Waals surface area contributed by atoms with Gasteiger partial charge < -0.3 is 25.3 Å². The van der Waals surface area contributed by atoms with E-state index in [1.54, 1.807) is 24.3 Å². The van der Waals surface area contributed by atoms with Crippen LogP contribution in [0.3, 0.4) is 0 Å². The van der Waals surface area contributed by atoms with E-state index in [2.05, 4.69) is 36.3 Å². The molecule has 9 nitrogen and oxygen atoms in total. The fourth-order valence-corrected chi connectivity index (χ4v) is 5.02. The van der Waals surface area contributed by atoms with Gasteiger partial charge in [-0.3, -0.25) is 9.78 Å². The van der Waals surface area contributed by atoms with Crippen molar-refractivity contribution >= 4 is 17.7 Å². The van der Waals surface area contributed by atoms with E-state index in [0.29, 0.717) is 28.1 Å². The SMILES string of the molecule is N#Cc1cc(-c2ccnc(-c3ccc(C(=O)NC4CCCC4)c(OC(=O)C(F)(F)F)c3)c2)[nH]c1N1CCNCC1. The Balaban J connectivity index is 1.47. The third kappa shape index (κ3) is 5.94. The third-order valence-electron chi connectivity index (χ3n) is 7.07. The molecule has 1 saturated carbocycles. The smallest absolute Gasteiger partial charge is 0.419 e. The molecular formula is C28H27F3N6O3. The highest BCUT2D eigenvalue weighted by molar-refractivity contribution is 5.98. The number of H-pyrrole nitrogens is 1. The Morgan fingerprint density at radius 3 is 2.52 bits per heavy atom. The van der Waals surface area contributed by atoms with Gasteiger partial charge >= 0.3 is 12.1 Å². The first-order valence-corrected chi connectivity index (χ1v) is 13.0. The van der Waals surface area contributed by atoms with Gasteiger partial charge in [-0.05, 0) is 43.2 Å². The number of alkyl halides is 3. The summed E-state index contributed by atoms with van der Waals surface area (Å²) in [7, 11) is 0. The number of benzene rings is 1. The highest BCUT2D eigenvalue weighted by Crippen LogP contribution is 2.33. The number of anilines is 1. The average molecular weight is 553 g/mol. The Kier molecular flexibility index (Phi) is 7.75. The minimum atomic E-state index is -5.23. The van der Waals surface area contributed by atoms with Gasteiger partial charge in [0.15, 0.2) is 0 Å². The number of nitrogens with zero attached hydrogens (tertiary/aromatic N) is 3. The zero-order valence-corrected chi connectivity index (χ0v) is 21.5. The molecule has 5 rings (SSSR count). The first-order chi connectivity index (χ1) is 19.2. The number of hydrogen-bond donors (Lipinski definition) is 3. The van der Waals surface area contributed by atoms with Crippen LogP contribution < -0.4 is 20.3 Å². The minimum absolute atomic E-state index is 0.0816. The van der Waals surface area contributed by atoms with Crippen molar-refractivity contribution in [1.29, 1.82) is 5.26 Å².